The molecule has 0 saturated carbocycles. The van der Waals surface area contributed by atoms with E-state index in [1.807, 2.05) is 13.8 Å². The van der Waals surface area contributed by atoms with Crippen molar-refractivity contribution >= 4 is 21.7 Å². The van der Waals surface area contributed by atoms with E-state index < -0.39 is 0 Å². The number of rotatable bonds is 5. The number of ketones is 1. The molecule has 0 N–H and O–H groups in total. The molecule has 0 unspecified atom stereocenters. The fourth-order valence-corrected chi connectivity index (χ4v) is 2.66. The van der Waals surface area contributed by atoms with Crippen LogP contribution in [0.4, 0.5) is 0 Å². The number of hydrogen-bond acceptors (Lipinski definition) is 4. The first-order chi connectivity index (χ1) is 9.47. The molecular formula is C14H17BrN2O3. The molecule has 2 rings (SSSR count). The number of aromatic nitrogens is 2. The van der Waals surface area contributed by atoms with E-state index in [2.05, 4.69) is 21.0 Å². The molecule has 0 radical (unpaired) electrons. The van der Waals surface area contributed by atoms with E-state index in [4.69, 9.17) is 9.15 Å². The summed E-state index contributed by atoms with van der Waals surface area (Å²) in [7, 11) is 1.62. The SMILES string of the molecule is COCCn1ncc(Br)c1C(=O)c1c(C)oc(C)c1C. The van der Waals surface area contributed by atoms with Gasteiger partial charge in [-0.05, 0) is 36.7 Å². The lowest BCUT2D eigenvalue weighted by Gasteiger charge is -2.07. The number of furan rings is 1. The van der Waals surface area contributed by atoms with Gasteiger partial charge in [0, 0.05) is 12.7 Å². The molecule has 0 aliphatic rings. The largest absolute Gasteiger partial charge is 0.466 e. The van der Waals surface area contributed by atoms with E-state index in [-0.39, 0.29) is 5.78 Å². The molecule has 6 heteroatoms. The van der Waals surface area contributed by atoms with E-state index in [9.17, 15) is 4.79 Å². The van der Waals surface area contributed by atoms with Crippen molar-refractivity contribution in [1.29, 1.82) is 0 Å². The molecule has 0 aromatic carbocycles. The molecule has 108 valence electrons. The van der Waals surface area contributed by atoms with E-state index in [1.54, 1.807) is 24.9 Å². The Hall–Kier alpha value is -1.40. The molecule has 2 aromatic rings. The molecule has 2 heterocycles. The minimum atomic E-state index is -0.0858. The zero-order chi connectivity index (χ0) is 14.9. The molecule has 20 heavy (non-hydrogen) atoms. The van der Waals surface area contributed by atoms with Crippen molar-refractivity contribution in [2.75, 3.05) is 13.7 Å². The van der Waals surface area contributed by atoms with Crippen molar-refractivity contribution in [3.05, 3.63) is 39.0 Å². The molecule has 0 aliphatic carbocycles. The second-order valence-corrected chi connectivity index (χ2v) is 5.45. The third-order valence-electron chi connectivity index (χ3n) is 3.31. The van der Waals surface area contributed by atoms with Crippen molar-refractivity contribution in [2.45, 2.75) is 27.3 Å². The van der Waals surface area contributed by atoms with Crippen LogP contribution in [0.25, 0.3) is 0 Å². The van der Waals surface area contributed by atoms with Gasteiger partial charge in [-0.25, -0.2) is 0 Å². The highest BCUT2D eigenvalue weighted by Crippen LogP contribution is 2.26. The fourth-order valence-electron chi connectivity index (χ4n) is 2.18. The molecule has 2 aromatic heterocycles. The Labute approximate surface area is 126 Å². The summed E-state index contributed by atoms with van der Waals surface area (Å²) in [5.74, 6) is 1.32. The van der Waals surface area contributed by atoms with Crippen molar-refractivity contribution < 1.29 is 13.9 Å². The number of nitrogens with zero attached hydrogens (tertiary/aromatic N) is 2. The van der Waals surface area contributed by atoms with E-state index in [1.165, 1.54) is 0 Å². The first kappa shape index (κ1) is 15.0. The lowest BCUT2D eigenvalue weighted by atomic mass is 10.0. The number of hydrogen-bond donors (Lipinski definition) is 0. The number of halogens is 1. The van der Waals surface area contributed by atoms with Crippen molar-refractivity contribution in [2.24, 2.45) is 0 Å². The highest BCUT2D eigenvalue weighted by atomic mass is 79.9. The molecule has 0 spiro atoms. The maximum Gasteiger partial charge on any atom is 0.215 e. The predicted molar refractivity (Wildman–Crippen MR) is 78.2 cm³/mol. The van der Waals surface area contributed by atoms with Crippen LogP contribution in [0.2, 0.25) is 0 Å². The van der Waals surface area contributed by atoms with Crippen molar-refractivity contribution in [3.63, 3.8) is 0 Å². The standard InChI is InChI=1S/C14H17BrN2O3/c1-8-9(2)20-10(3)12(8)14(18)13-11(15)7-16-17(13)5-6-19-4/h7H,5-6H2,1-4H3. The topological polar surface area (TPSA) is 57.3 Å². The molecule has 0 fully saturated rings. The maximum atomic E-state index is 12.8. The molecule has 0 amide bonds. The van der Waals surface area contributed by atoms with Gasteiger partial charge in [-0.1, -0.05) is 0 Å². The summed E-state index contributed by atoms with van der Waals surface area (Å²) in [6.07, 6.45) is 1.63. The molecular weight excluding hydrogens is 324 g/mol. The fraction of sp³-hybridized carbons (Fsp3) is 0.429. The van der Waals surface area contributed by atoms with Crippen molar-refractivity contribution in [3.8, 4) is 0 Å². The molecule has 0 saturated heterocycles. The normalized spacial score (nSPS) is 11.1. The van der Waals surface area contributed by atoms with Gasteiger partial charge in [0.05, 0.1) is 29.4 Å². The Morgan fingerprint density at radius 3 is 2.65 bits per heavy atom. The molecule has 0 aliphatic heterocycles. The quantitative estimate of drug-likeness (QED) is 0.785. The summed E-state index contributed by atoms with van der Waals surface area (Å²) in [5, 5.41) is 4.20. The average Bonchev–Trinajstić information content (AvgIpc) is 2.88. The Morgan fingerprint density at radius 1 is 1.40 bits per heavy atom. The average molecular weight is 341 g/mol. The monoisotopic (exact) mass is 340 g/mol. The maximum absolute atomic E-state index is 12.8. The van der Waals surface area contributed by atoms with Crippen LogP contribution in [0.15, 0.2) is 15.1 Å². The van der Waals surface area contributed by atoms with Crippen LogP contribution in [0.5, 0.6) is 0 Å². The van der Waals surface area contributed by atoms with Gasteiger partial charge in [0.2, 0.25) is 5.78 Å². The Morgan fingerprint density at radius 2 is 2.10 bits per heavy atom. The molecule has 0 atom stereocenters. The number of methoxy groups -OCH3 is 1. The Balaban J connectivity index is 2.45. The first-order valence-electron chi connectivity index (χ1n) is 6.28. The van der Waals surface area contributed by atoms with Crippen LogP contribution in [0, 0.1) is 20.8 Å². The lowest BCUT2D eigenvalue weighted by molar-refractivity contribution is 0.102. The van der Waals surface area contributed by atoms with Crippen LogP contribution in [-0.2, 0) is 11.3 Å². The summed E-state index contributed by atoms with van der Waals surface area (Å²) in [5.41, 5.74) is 2.01. The van der Waals surface area contributed by atoms with Gasteiger partial charge in [0.1, 0.15) is 17.2 Å². The summed E-state index contributed by atoms with van der Waals surface area (Å²) in [6.45, 7) is 6.57. The Kier molecular flexibility index (Phi) is 4.45. The third kappa shape index (κ3) is 2.58. The van der Waals surface area contributed by atoms with Gasteiger partial charge in [0.15, 0.2) is 0 Å². The van der Waals surface area contributed by atoms with Crippen LogP contribution < -0.4 is 0 Å². The number of aryl methyl sites for hydroxylation is 2. The van der Waals surface area contributed by atoms with E-state index >= 15 is 0 Å². The molecule has 0 bridgehead atoms. The Bertz CT molecular complexity index is 643. The van der Waals surface area contributed by atoms with Gasteiger partial charge < -0.3 is 9.15 Å². The number of carbonyl (C=O) groups is 1. The van der Waals surface area contributed by atoms with Crippen LogP contribution in [-0.4, -0.2) is 29.3 Å². The summed E-state index contributed by atoms with van der Waals surface area (Å²) >= 11 is 3.39. The van der Waals surface area contributed by atoms with Crippen LogP contribution in [0.1, 0.15) is 33.1 Å². The summed E-state index contributed by atoms with van der Waals surface area (Å²) in [4.78, 5) is 12.8. The van der Waals surface area contributed by atoms with Gasteiger partial charge in [-0.3, -0.25) is 9.48 Å². The van der Waals surface area contributed by atoms with Gasteiger partial charge in [0.25, 0.3) is 0 Å². The zero-order valence-corrected chi connectivity index (χ0v) is 13.6. The molecule has 5 nitrogen and oxygen atoms in total. The van der Waals surface area contributed by atoms with E-state index in [0.29, 0.717) is 34.6 Å². The highest BCUT2D eigenvalue weighted by molar-refractivity contribution is 9.10. The minimum Gasteiger partial charge on any atom is -0.466 e. The second-order valence-electron chi connectivity index (χ2n) is 4.60. The summed E-state index contributed by atoms with van der Waals surface area (Å²) in [6, 6.07) is 0. The number of ether oxygens (including phenoxy) is 1. The smallest absolute Gasteiger partial charge is 0.215 e. The van der Waals surface area contributed by atoms with Gasteiger partial charge in [-0.2, -0.15) is 5.10 Å². The highest BCUT2D eigenvalue weighted by Gasteiger charge is 2.25. The van der Waals surface area contributed by atoms with Gasteiger partial charge >= 0.3 is 0 Å². The van der Waals surface area contributed by atoms with E-state index in [0.717, 1.165) is 11.3 Å². The number of carbonyl (C=O) groups excluding carboxylic acids is 1. The van der Waals surface area contributed by atoms with Crippen LogP contribution in [0.3, 0.4) is 0 Å². The van der Waals surface area contributed by atoms with Gasteiger partial charge in [-0.15, -0.1) is 0 Å². The predicted octanol–water partition coefficient (Wildman–Crippen LogP) is 3.04. The third-order valence-corrected chi connectivity index (χ3v) is 3.89. The van der Waals surface area contributed by atoms with Crippen LogP contribution >= 0.6 is 15.9 Å². The minimum absolute atomic E-state index is 0.0858. The lowest BCUT2D eigenvalue weighted by Crippen LogP contribution is -2.15. The van der Waals surface area contributed by atoms with Crippen molar-refractivity contribution in [1.82, 2.24) is 9.78 Å². The zero-order valence-electron chi connectivity index (χ0n) is 12.0. The summed E-state index contributed by atoms with van der Waals surface area (Å²) < 4.78 is 12.9. The first-order valence-corrected chi connectivity index (χ1v) is 7.08. The second kappa shape index (κ2) is 5.93.